The molecule has 11 heavy (non-hydrogen) atoms. The molecule has 0 aliphatic heterocycles. The molecule has 0 saturated carbocycles. The van der Waals surface area contributed by atoms with Crippen LogP contribution in [-0.2, 0) is 0 Å². The summed E-state index contributed by atoms with van der Waals surface area (Å²) in [6.07, 6.45) is 1.68. The van der Waals surface area contributed by atoms with E-state index in [0.717, 1.165) is 16.7 Å². The van der Waals surface area contributed by atoms with Crippen LogP contribution in [-0.4, -0.2) is 15.0 Å². The van der Waals surface area contributed by atoms with Crippen molar-refractivity contribution in [2.24, 2.45) is 0 Å². The van der Waals surface area contributed by atoms with E-state index in [-0.39, 0.29) is 5.28 Å². The van der Waals surface area contributed by atoms with E-state index in [1.807, 2.05) is 13.0 Å². The lowest BCUT2D eigenvalue weighted by Gasteiger charge is -1.87. The normalized spacial score (nSPS) is 10.7. The van der Waals surface area contributed by atoms with Gasteiger partial charge in [-0.25, -0.2) is 9.97 Å². The van der Waals surface area contributed by atoms with Crippen LogP contribution in [0, 0.1) is 6.92 Å². The van der Waals surface area contributed by atoms with Crippen molar-refractivity contribution in [1.29, 1.82) is 0 Å². The van der Waals surface area contributed by atoms with Gasteiger partial charge < -0.3 is 4.98 Å². The number of H-pyrrole nitrogens is 1. The average molecular weight is 168 g/mol. The fraction of sp³-hybridized carbons (Fsp3) is 0.143. The van der Waals surface area contributed by atoms with E-state index in [1.165, 1.54) is 0 Å². The molecule has 3 nitrogen and oxygen atoms in total. The summed E-state index contributed by atoms with van der Waals surface area (Å²) in [6, 6.07) is 1.93. The van der Waals surface area contributed by atoms with Gasteiger partial charge in [0.25, 0.3) is 0 Å². The molecule has 0 atom stereocenters. The Kier molecular flexibility index (Phi) is 1.32. The lowest BCUT2D eigenvalue weighted by Crippen LogP contribution is -1.79. The average Bonchev–Trinajstić information content (AvgIpc) is 2.27. The molecule has 4 heteroatoms. The van der Waals surface area contributed by atoms with Gasteiger partial charge in [0.15, 0.2) is 0 Å². The molecule has 0 saturated heterocycles. The minimum atomic E-state index is 0.288. The van der Waals surface area contributed by atoms with Gasteiger partial charge in [-0.2, -0.15) is 0 Å². The van der Waals surface area contributed by atoms with E-state index < -0.39 is 0 Å². The molecular weight excluding hydrogens is 162 g/mol. The number of hydrogen-bond acceptors (Lipinski definition) is 2. The Morgan fingerprint density at radius 3 is 3.18 bits per heavy atom. The summed E-state index contributed by atoms with van der Waals surface area (Å²) >= 11 is 5.59. The lowest BCUT2D eigenvalue weighted by molar-refractivity contribution is 1.21. The molecule has 0 aliphatic rings. The van der Waals surface area contributed by atoms with Gasteiger partial charge in [-0.1, -0.05) is 0 Å². The molecule has 2 heterocycles. The second-order valence-corrected chi connectivity index (χ2v) is 2.73. The minimum absolute atomic E-state index is 0.288. The van der Waals surface area contributed by atoms with Gasteiger partial charge in [0.2, 0.25) is 5.28 Å². The third kappa shape index (κ3) is 1.07. The standard InChI is InChI=1S/C7H6ClN3/c1-4-2-5-6(10-4)3-9-7(8)11-5/h2-3,10H,1H3. The van der Waals surface area contributed by atoms with Gasteiger partial charge in [0.05, 0.1) is 17.2 Å². The van der Waals surface area contributed by atoms with Crippen LogP contribution in [0.25, 0.3) is 11.0 Å². The summed E-state index contributed by atoms with van der Waals surface area (Å²) in [4.78, 5) is 11.0. The largest absolute Gasteiger partial charge is 0.356 e. The predicted octanol–water partition coefficient (Wildman–Crippen LogP) is 1.92. The van der Waals surface area contributed by atoms with Gasteiger partial charge >= 0.3 is 0 Å². The van der Waals surface area contributed by atoms with Crippen LogP contribution >= 0.6 is 11.6 Å². The molecule has 0 aromatic carbocycles. The second-order valence-electron chi connectivity index (χ2n) is 2.39. The zero-order chi connectivity index (χ0) is 7.84. The van der Waals surface area contributed by atoms with Crippen molar-refractivity contribution in [1.82, 2.24) is 15.0 Å². The Morgan fingerprint density at radius 1 is 1.55 bits per heavy atom. The fourth-order valence-electron chi connectivity index (χ4n) is 1.03. The number of aromatic nitrogens is 3. The summed E-state index contributed by atoms with van der Waals surface area (Å²) in [5.41, 5.74) is 2.85. The van der Waals surface area contributed by atoms with Gasteiger partial charge in [0, 0.05) is 5.69 Å². The summed E-state index contributed by atoms with van der Waals surface area (Å²) in [6.45, 7) is 1.97. The SMILES string of the molecule is Cc1cc2nc(Cl)ncc2[nH]1. The molecule has 0 unspecified atom stereocenters. The molecule has 0 aliphatic carbocycles. The maximum atomic E-state index is 5.59. The van der Waals surface area contributed by atoms with Crippen molar-refractivity contribution in [3.05, 3.63) is 23.2 Å². The van der Waals surface area contributed by atoms with Crippen molar-refractivity contribution >= 4 is 22.6 Å². The Labute approximate surface area is 68.4 Å². The van der Waals surface area contributed by atoms with Crippen molar-refractivity contribution in [2.45, 2.75) is 6.92 Å². The van der Waals surface area contributed by atoms with E-state index in [9.17, 15) is 0 Å². The van der Waals surface area contributed by atoms with Crippen LogP contribution in [0.1, 0.15) is 5.69 Å². The highest BCUT2D eigenvalue weighted by atomic mass is 35.5. The maximum Gasteiger partial charge on any atom is 0.223 e. The molecular formula is C7H6ClN3. The minimum Gasteiger partial charge on any atom is -0.356 e. The van der Waals surface area contributed by atoms with E-state index in [1.54, 1.807) is 6.20 Å². The summed E-state index contributed by atoms with van der Waals surface area (Å²) in [5, 5.41) is 0.288. The van der Waals surface area contributed by atoms with Gasteiger partial charge in [-0.15, -0.1) is 0 Å². The van der Waals surface area contributed by atoms with Crippen LogP contribution in [0.5, 0.6) is 0 Å². The summed E-state index contributed by atoms with van der Waals surface area (Å²) < 4.78 is 0. The maximum absolute atomic E-state index is 5.59. The number of nitrogens with one attached hydrogen (secondary N) is 1. The Hall–Kier alpha value is -1.09. The molecule has 0 amide bonds. The van der Waals surface area contributed by atoms with Crippen LogP contribution in [0.2, 0.25) is 5.28 Å². The number of halogens is 1. The molecule has 0 spiro atoms. The Morgan fingerprint density at radius 2 is 2.36 bits per heavy atom. The number of aryl methyl sites for hydroxylation is 1. The smallest absolute Gasteiger partial charge is 0.223 e. The van der Waals surface area contributed by atoms with Gasteiger partial charge in [0.1, 0.15) is 0 Å². The molecule has 0 fully saturated rings. The molecule has 0 radical (unpaired) electrons. The molecule has 2 rings (SSSR count). The third-order valence-corrected chi connectivity index (χ3v) is 1.66. The monoisotopic (exact) mass is 167 g/mol. The molecule has 0 bridgehead atoms. The third-order valence-electron chi connectivity index (χ3n) is 1.47. The van der Waals surface area contributed by atoms with E-state index >= 15 is 0 Å². The fourth-order valence-corrected chi connectivity index (χ4v) is 1.17. The van der Waals surface area contributed by atoms with Gasteiger partial charge in [-0.05, 0) is 24.6 Å². The summed E-state index contributed by atoms with van der Waals surface area (Å²) in [5.74, 6) is 0. The van der Waals surface area contributed by atoms with Crippen molar-refractivity contribution in [3.8, 4) is 0 Å². The number of rotatable bonds is 0. The van der Waals surface area contributed by atoms with E-state index in [2.05, 4.69) is 15.0 Å². The number of aromatic amines is 1. The highest BCUT2D eigenvalue weighted by Crippen LogP contribution is 2.12. The van der Waals surface area contributed by atoms with Crippen molar-refractivity contribution in [3.63, 3.8) is 0 Å². The van der Waals surface area contributed by atoms with Crippen molar-refractivity contribution < 1.29 is 0 Å². The Balaban J connectivity index is 2.82. The van der Waals surface area contributed by atoms with Crippen LogP contribution in [0.15, 0.2) is 12.3 Å². The molecule has 1 N–H and O–H groups in total. The topological polar surface area (TPSA) is 41.6 Å². The van der Waals surface area contributed by atoms with E-state index in [0.29, 0.717) is 0 Å². The Bertz CT molecular complexity index is 393. The quantitative estimate of drug-likeness (QED) is 0.609. The van der Waals surface area contributed by atoms with Crippen LogP contribution in [0.4, 0.5) is 0 Å². The predicted molar refractivity (Wildman–Crippen MR) is 43.6 cm³/mol. The highest BCUT2D eigenvalue weighted by molar-refractivity contribution is 6.28. The molecule has 2 aromatic heterocycles. The number of fused-ring (bicyclic) bond motifs is 1. The van der Waals surface area contributed by atoms with Crippen molar-refractivity contribution in [2.75, 3.05) is 0 Å². The first-order valence-corrected chi connectivity index (χ1v) is 3.61. The lowest BCUT2D eigenvalue weighted by atomic mass is 10.4. The van der Waals surface area contributed by atoms with Gasteiger partial charge in [-0.3, -0.25) is 0 Å². The zero-order valence-corrected chi connectivity index (χ0v) is 6.68. The number of nitrogens with zero attached hydrogens (tertiary/aromatic N) is 2. The van der Waals surface area contributed by atoms with E-state index in [4.69, 9.17) is 11.6 Å². The molecule has 2 aromatic rings. The summed E-state index contributed by atoms with van der Waals surface area (Å²) in [7, 11) is 0. The molecule has 56 valence electrons. The first-order chi connectivity index (χ1) is 5.25. The second kappa shape index (κ2) is 2.20. The van der Waals surface area contributed by atoms with Crippen LogP contribution in [0.3, 0.4) is 0 Å². The first kappa shape index (κ1) is 6.61. The highest BCUT2D eigenvalue weighted by Gasteiger charge is 1.98. The first-order valence-electron chi connectivity index (χ1n) is 3.23. The van der Waals surface area contributed by atoms with Crippen LogP contribution < -0.4 is 0 Å². The zero-order valence-electron chi connectivity index (χ0n) is 5.93. The number of hydrogen-bond donors (Lipinski definition) is 1.